The molecular weight excluding hydrogens is 294 g/mol. The van der Waals surface area contributed by atoms with Gasteiger partial charge in [0, 0.05) is 6.42 Å². The first kappa shape index (κ1) is 13.3. The minimum atomic E-state index is -0.407. The maximum absolute atomic E-state index is 12.4. The summed E-state index contributed by atoms with van der Waals surface area (Å²) < 4.78 is 0.726. The first-order chi connectivity index (χ1) is 9.65. The third-order valence-electron chi connectivity index (χ3n) is 2.87. The number of aromatic nitrogens is 2. The lowest BCUT2D eigenvalue weighted by Crippen LogP contribution is -2.30. The number of benzene rings is 1. The van der Waals surface area contributed by atoms with Gasteiger partial charge in [-0.1, -0.05) is 41.3 Å². The average molecular weight is 305 g/mol. The third-order valence-corrected chi connectivity index (χ3v) is 4.98. The molecule has 1 fully saturated rings. The van der Waals surface area contributed by atoms with Crippen molar-refractivity contribution in [3.05, 3.63) is 35.3 Å². The van der Waals surface area contributed by atoms with Gasteiger partial charge in [0.25, 0.3) is 0 Å². The number of para-hydroxylation sites is 1. The lowest BCUT2D eigenvalue weighted by atomic mass is 10.3. The van der Waals surface area contributed by atoms with Crippen LogP contribution in [0.5, 0.6) is 0 Å². The molecule has 0 unspecified atom stereocenters. The zero-order valence-electron chi connectivity index (χ0n) is 10.6. The van der Waals surface area contributed by atoms with E-state index in [0.717, 1.165) is 9.35 Å². The van der Waals surface area contributed by atoms with E-state index in [0.29, 0.717) is 5.69 Å². The Morgan fingerprint density at radius 2 is 2.00 bits per heavy atom. The molecule has 7 heteroatoms. The second kappa shape index (κ2) is 5.34. The average Bonchev–Trinajstić information content (AvgIpc) is 2.96. The topological polar surface area (TPSA) is 63.2 Å². The lowest BCUT2D eigenvalue weighted by molar-refractivity contribution is -0.121. The summed E-state index contributed by atoms with van der Waals surface area (Å²) in [6, 6.07) is 9.00. The Balaban J connectivity index is 1.80. The van der Waals surface area contributed by atoms with Gasteiger partial charge in [-0.15, -0.1) is 10.2 Å². The first-order valence-electron chi connectivity index (χ1n) is 6.04. The second-order valence-corrected chi connectivity index (χ2v) is 6.93. The summed E-state index contributed by atoms with van der Waals surface area (Å²) in [5.41, 5.74) is 0.624. The molecule has 0 bridgehead atoms. The van der Waals surface area contributed by atoms with Gasteiger partial charge in [0.2, 0.25) is 11.8 Å². The third kappa shape index (κ3) is 2.46. The molecule has 1 saturated heterocycles. The van der Waals surface area contributed by atoms with Gasteiger partial charge in [0.1, 0.15) is 10.3 Å². The van der Waals surface area contributed by atoms with E-state index in [1.807, 2.05) is 25.1 Å². The van der Waals surface area contributed by atoms with Crippen molar-refractivity contribution in [1.29, 1.82) is 0 Å². The van der Waals surface area contributed by atoms with Crippen molar-refractivity contribution in [2.24, 2.45) is 0 Å². The molecule has 1 aliphatic heterocycles. The smallest absolute Gasteiger partial charge is 0.247 e. The van der Waals surface area contributed by atoms with Crippen molar-refractivity contribution in [3.8, 4) is 0 Å². The quantitative estimate of drug-likeness (QED) is 0.814. The van der Waals surface area contributed by atoms with E-state index in [9.17, 15) is 9.59 Å². The number of carbonyl (C=O) groups is 2. The molecular formula is C13H11N3O2S2. The van der Waals surface area contributed by atoms with Crippen LogP contribution in [-0.4, -0.2) is 27.3 Å². The number of anilines is 1. The Labute approximate surface area is 124 Å². The molecule has 1 atom stereocenters. The summed E-state index contributed by atoms with van der Waals surface area (Å²) in [5.74, 6) is -0.348. The van der Waals surface area contributed by atoms with Crippen molar-refractivity contribution < 1.29 is 9.59 Å². The van der Waals surface area contributed by atoms with Crippen LogP contribution in [-0.2, 0) is 9.59 Å². The molecule has 5 nitrogen and oxygen atoms in total. The van der Waals surface area contributed by atoms with Gasteiger partial charge in [0.15, 0.2) is 4.34 Å². The highest BCUT2D eigenvalue weighted by Crippen LogP contribution is 2.34. The predicted octanol–water partition coefficient (Wildman–Crippen LogP) is 2.27. The Morgan fingerprint density at radius 3 is 2.65 bits per heavy atom. The van der Waals surface area contributed by atoms with E-state index < -0.39 is 5.25 Å². The molecule has 0 radical (unpaired) electrons. The number of thioether (sulfide) groups is 1. The van der Waals surface area contributed by atoms with Crippen molar-refractivity contribution in [3.63, 3.8) is 0 Å². The molecule has 3 rings (SSSR count). The summed E-state index contributed by atoms with van der Waals surface area (Å²) in [4.78, 5) is 25.7. The normalized spacial score (nSPS) is 18.9. The fraction of sp³-hybridized carbons (Fsp3) is 0.231. The molecule has 0 aliphatic carbocycles. The van der Waals surface area contributed by atoms with E-state index >= 15 is 0 Å². The van der Waals surface area contributed by atoms with Gasteiger partial charge in [-0.25, -0.2) is 4.90 Å². The molecule has 1 aromatic carbocycles. The zero-order chi connectivity index (χ0) is 14.1. The number of hydrogen-bond donors (Lipinski definition) is 0. The molecule has 102 valence electrons. The van der Waals surface area contributed by atoms with Crippen molar-refractivity contribution in [1.82, 2.24) is 10.2 Å². The van der Waals surface area contributed by atoms with Crippen LogP contribution in [0.3, 0.4) is 0 Å². The number of nitrogens with zero attached hydrogens (tertiary/aromatic N) is 3. The molecule has 2 aromatic rings. The Morgan fingerprint density at radius 1 is 1.25 bits per heavy atom. The standard InChI is InChI=1S/C13H11N3O2S2/c1-8-14-15-13(19-8)20-10-7-11(17)16(12(10)18)9-5-3-2-4-6-9/h2-6,10H,7H2,1H3/t10-/m0/s1. The summed E-state index contributed by atoms with van der Waals surface area (Å²) in [6.45, 7) is 1.86. The first-order valence-corrected chi connectivity index (χ1v) is 7.73. The van der Waals surface area contributed by atoms with Crippen LogP contribution < -0.4 is 4.90 Å². The fourth-order valence-electron chi connectivity index (χ4n) is 1.99. The largest absolute Gasteiger partial charge is 0.274 e. The lowest BCUT2D eigenvalue weighted by Gasteiger charge is -2.14. The van der Waals surface area contributed by atoms with Crippen LogP contribution in [0.25, 0.3) is 0 Å². The van der Waals surface area contributed by atoms with Crippen LogP contribution in [0.4, 0.5) is 5.69 Å². The molecule has 2 heterocycles. The van der Waals surface area contributed by atoms with E-state index in [2.05, 4.69) is 10.2 Å². The van der Waals surface area contributed by atoms with Crippen LogP contribution in [0.15, 0.2) is 34.7 Å². The maximum atomic E-state index is 12.4. The minimum Gasteiger partial charge on any atom is -0.274 e. The Kier molecular flexibility index (Phi) is 3.54. The highest BCUT2D eigenvalue weighted by Gasteiger charge is 2.40. The van der Waals surface area contributed by atoms with Crippen LogP contribution in [0.2, 0.25) is 0 Å². The van der Waals surface area contributed by atoms with Crippen LogP contribution >= 0.6 is 23.1 Å². The van der Waals surface area contributed by atoms with Crippen molar-refractivity contribution >= 4 is 40.6 Å². The fourth-order valence-corrected chi connectivity index (χ4v) is 4.07. The highest BCUT2D eigenvalue weighted by atomic mass is 32.2. The number of carbonyl (C=O) groups excluding carboxylic acids is 2. The van der Waals surface area contributed by atoms with Gasteiger partial charge in [0.05, 0.1) is 5.69 Å². The number of aryl methyl sites for hydroxylation is 1. The van der Waals surface area contributed by atoms with Crippen molar-refractivity contribution in [2.45, 2.75) is 22.9 Å². The summed E-state index contributed by atoms with van der Waals surface area (Å²) in [6.07, 6.45) is 0.205. The molecule has 1 aliphatic rings. The van der Waals surface area contributed by atoms with Crippen molar-refractivity contribution in [2.75, 3.05) is 4.90 Å². The van der Waals surface area contributed by atoms with Gasteiger partial charge in [-0.2, -0.15) is 0 Å². The Bertz CT molecular complexity index is 657. The minimum absolute atomic E-state index is 0.167. The van der Waals surface area contributed by atoms with Gasteiger partial charge in [-0.05, 0) is 19.1 Å². The van der Waals surface area contributed by atoms with Gasteiger partial charge in [-0.3, -0.25) is 9.59 Å². The summed E-state index contributed by atoms with van der Waals surface area (Å²) in [5, 5.41) is 8.35. The molecule has 0 N–H and O–H groups in total. The van der Waals surface area contributed by atoms with Gasteiger partial charge < -0.3 is 0 Å². The second-order valence-electron chi connectivity index (χ2n) is 4.30. The maximum Gasteiger partial charge on any atom is 0.247 e. The molecule has 1 aromatic heterocycles. The van der Waals surface area contributed by atoms with E-state index in [1.54, 1.807) is 12.1 Å². The monoisotopic (exact) mass is 305 g/mol. The molecule has 0 spiro atoms. The Hall–Kier alpha value is -1.73. The van der Waals surface area contributed by atoms with E-state index in [1.165, 1.54) is 28.0 Å². The zero-order valence-corrected chi connectivity index (χ0v) is 12.3. The van der Waals surface area contributed by atoms with Crippen LogP contribution in [0.1, 0.15) is 11.4 Å². The molecule has 20 heavy (non-hydrogen) atoms. The SMILES string of the molecule is Cc1nnc(S[C@H]2CC(=O)N(c3ccccc3)C2=O)s1. The number of rotatable bonds is 3. The molecule has 0 saturated carbocycles. The predicted molar refractivity (Wildman–Crippen MR) is 77.8 cm³/mol. The number of amides is 2. The van der Waals surface area contributed by atoms with Gasteiger partial charge >= 0.3 is 0 Å². The number of imide groups is 1. The van der Waals surface area contributed by atoms with E-state index in [4.69, 9.17) is 0 Å². The number of hydrogen-bond acceptors (Lipinski definition) is 6. The molecule has 2 amide bonds. The summed E-state index contributed by atoms with van der Waals surface area (Å²) >= 11 is 2.75. The van der Waals surface area contributed by atoms with E-state index in [-0.39, 0.29) is 18.2 Å². The summed E-state index contributed by atoms with van der Waals surface area (Å²) in [7, 11) is 0. The van der Waals surface area contributed by atoms with Crippen LogP contribution in [0, 0.1) is 6.92 Å². The highest BCUT2D eigenvalue weighted by molar-refractivity contribution is 8.02.